The van der Waals surface area contributed by atoms with Crippen molar-refractivity contribution in [2.45, 2.75) is 245 Å². The first-order valence-corrected chi connectivity index (χ1v) is 25.9. The van der Waals surface area contributed by atoms with Crippen LogP contribution in [-0.4, -0.2) is 93.9 Å². The normalized spacial score (nSPS) is 27.9. The van der Waals surface area contributed by atoms with Crippen molar-refractivity contribution in [1.29, 1.82) is 0 Å². The third-order valence-electron chi connectivity index (χ3n) is 13.5. The van der Waals surface area contributed by atoms with Gasteiger partial charge in [-0.25, -0.2) is 4.79 Å². The molecule has 0 aliphatic carbocycles. The van der Waals surface area contributed by atoms with Crippen molar-refractivity contribution >= 4 is 26.3 Å². The van der Waals surface area contributed by atoms with Crippen molar-refractivity contribution in [2.24, 2.45) is 23.7 Å². The Bertz CT molecular complexity index is 1280. The van der Waals surface area contributed by atoms with Crippen LogP contribution >= 0.6 is 0 Å². The van der Waals surface area contributed by atoms with E-state index in [9.17, 15) is 14.4 Å². The molecule has 0 aromatic carbocycles. The molecule has 0 aromatic heterocycles. The highest BCUT2D eigenvalue weighted by Crippen LogP contribution is 2.42. The van der Waals surface area contributed by atoms with Gasteiger partial charge in [-0.2, -0.15) is 0 Å². The zero-order valence-corrected chi connectivity index (χ0v) is 40.3. The molecule has 338 valence electrons. The molecular formula is C46H85NO10Si. The molecule has 3 saturated heterocycles. The molecule has 3 rings (SSSR count). The van der Waals surface area contributed by atoms with Gasteiger partial charge in [-0.15, -0.1) is 0 Å². The highest BCUT2D eigenvalue weighted by atomic mass is 28.4. The zero-order chi connectivity index (χ0) is 43.6. The van der Waals surface area contributed by atoms with Crippen molar-refractivity contribution in [3.8, 4) is 0 Å². The predicted octanol–water partition coefficient (Wildman–Crippen LogP) is 10.3. The Morgan fingerprint density at radius 2 is 1.26 bits per heavy atom. The largest absolute Gasteiger partial charge is 0.469 e. The van der Waals surface area contributed by atoms with E-state index in [1.54, 1.807) is 0 Å². The maximum absolute atomic E-state index is 14.3. The van der Waals surface area contributed by atoms with E-state index in [4.69, 9.17) is 32.8 Å². The van der Waals surface area contributed by atoms with Gasteiger partial charge in [0.2, 0.25) is 0 Å². The van der Waals surface area contributed by atoms with Crippen LogP contribution in [0.25, 0.3) is 0 Å². The lowest BCUT2D eigenvalue weighted by molar-refractivity contribution is -0.174. The van der Waals surface area contributed by atoms with Crippen LogP contribution in [0.1, 0.15) is 167 Å². The summed E-state index contributed by atoms with van der Waals surface area (Å²) in [5.41, 5.74) is -0.575. The summed E-state index contributed by atoms with van der Waals surface area (Å²) in [6, 6.07) is -0.0659. The van der Waals surface area contributed by atoms with Gasteiger partial charge in [-0.05, 0) is 123 Å². The molecule has 3 aliphatic rings. The average molecular weight is 840 g/mol. The maximum Gasteiger partial charge on any atom is 0.407 e. The number of hydrogen-bond donors (Lipinski definition) is 1. The minimum Gasteiger partial charge on any atom is -0.469 e. The van der Waals surface area contributed by atoms with Crippen molar-refractivity contribution in [3.63, 3.8) is 0 Å². The Morgan fingerprint density at radius 1 is 0.724 bits per heavy atom. The van der Waals surface area contributed by atoms with Gasteiger partial charge in [0.1, 0.15) is 11.7 Å². The van der Waals surface area contributed by atoms with Gasteiger partial charge >= 0.3 is 18.0 Å². The Hall–Kier alpha value is -1.73. The second-order valence-electron chi connectivity index (χ2n) is 20.4. The van der Waals surface area contributed by atoms with E-state index in [0.29, 0.717) is 6.42 Å². The lowest BCUT2D eigenvalue weighted by Gasteiger charge is -2.40. The summed E-state index contributed by atoms with van der Waals surface area (Å²) in [6.07, 6.45) is 9.48. The molecule has 3 fully saturated rings. The van der Waals surface area contributed by atoms with Gasteiger partial charge in [0.05, 0.1) is 55.6 Å². The maximum atomic E-state index is 14.3. The van der Waals surface area contributed by atoms with Crippen LogP contribution < -0.4 is 5.32 Å². The molecule has 0 spiro atoms. The van der Waals surface area contributed by atoms with E-state index >= 15 is 0 Å². The highest BCUT2D eigenvalue weighted by Gasteiger charge is 2.47. The number of carbonyl (C=O) groups excluding carboxylic acids is 3. The number of esters is 2. The summed E-state index contributed by atoms with van der Waals surface area (Å²) in [4.78, 5) is 39.4. The first-order chi connectivity index (χ1) is 27.0. The SMILES string of the molecule is CCC[C@H](C[C@@H]1CC[C@H]([C@@H](CC)[C@@H](OC(=O)[C@H](C)[C@H]2CC[C@@H](C[C@H](CCC)O[Si](C)(C)C(C)(C)C)O2)[C@H](C)[C@@H]2CC[C@H]([C@@H](C)C(=O)OC)O2)O1)NC(=O)OC(C)(C)C. The number of amides is 1. The fourth-order valence-electron chi connectivity index (χ4n) is 9.00. The molecule has 0 saturated carbocycles. The van der Waals surface area contributed by atoms with E-state index in [1.807, 2.05) is 34.6 Å². The number of methoxy groups -OCH3 is 1. The summed E-state index contributed by atoms with van der Waals surface area (Å²) in [7, 11) is -0.536. The van der Waals surface area contributed by atoms with Crippen LogP contribution in [0.4, 0.5) is 4.79 Å². The summed E-state index contributed by atoms with van der Waals surface area (Å²) in [5.74, 6) is -1.56. The minimum absolute atomic E-state index is 0.0369. The molecule has 13 atom stereocenters. The summed E-state index contributed by atoms with van der Waals surface area (Å²) >= 11 is 0. The van der Waals surface area contributed by atoms with Crippen LogP contribution in [0.3, 0.4) is 0 Å². The predicted molar refractivity (Wildman–Crippen MR) is 231 cm³/mol. The number of ether oxygens (including phenoxy) is 6. The van der Waals surface area contributed by atoms with Crippen molar-refractivity contribution < 1.29 is 47.2 Å². The van der Waals surface area contributed by atoms with Crippen molar-refractivity contribution in [1.82, 2.24) is 5.32 Å². The van der Waals surface area contributed by atoms with Crippen LogP contribution in [0.15, 0.2) is 0 Å². The molecule has 0 radical (unpaired) electrons. The highest BCUT2D eigenvalue weighted by molar-refractivity contribution is 6.74. The molecular weight excluding hydrogens is 755 g/mol. The molecule has 0 aromatic rings. The van der Waals surface area contributed by atoms with E-state index in [0.717, 1.165) is 77.0 Å². The summed E-state index contributed by atoms with van der Waals surface area (Å²) < 4.78 is 44.2. The van der Waals surface area contributed by atoms with Crippen LogP contribution in [0.2, 0.25) is 18.1 Å². The third kappa shape index (κ3) is 14.7. The molecule has 1 amide bonds. The quantitative estimate of drug-likeness (QED) is 0.0678. The molecule has 0 unspecified atom stereocenters. The number of nitrogens with one attached hydrogen (secondary N) is 1. The molecule has 1 N–H and O–H groups in total. The van der Waals surface area contributed by atoms with Gasteiger partial charge in [-0.3, -0.25) is 9.59 Å². The van der Waals surface area contributed by atoms with Gasteiger partial charge in [0.15, 0.2) is 8.32 Å². The van der Waals surface area contributed by atoms with E-state index in [-0.39, 0.29) is 83.5 Å². The summed E-state index contributed by atoms with van der Waals surface area (Å²) in [6.45, 7) is 29.4. The molecule has 11 nitrogen and oxygen atoms in total. The zero-order valence-electron chi connectivity index (χ0n) is 39.3. The van der Waals surface area contributed by atoms with Gasteiger partial charge in [0.25, 0.3) is 0 Å². The van der Waals surface area contributed by atoms with E-state index < -0.39 is 32.0 Å². The van der Waals surface area contributed by atoms with Crippen LogP contribution in [-0.2, 0) is 42.4 Å². The number of carbonyl (C=O) groups is 3. The Labute approximate surface area is 353 Å². The Morgan fingerprint density at radius 3 is 1.83 bits per heavy atom. The number of rotatable bonds is 21. The molecule has 3 heterocycles. The molecule has 3 aliphatic heterocycles. The lowest BCUT2D eigenvalue weighted by Crippen LogP contribution is -2.45. The standard InChI is InChI=1S/C46H85NO10Si/c1-16-19-32(47-44(50)56-45(7,8)9)27-33-22-24-40(53-33)36(18-3)41(29(4)37-25-26-39(54-37)30(5)42(48)51-13)55-43(49)31(6)38-23-21-34(52-38)28-35(20-17-2)57-58(14,15)46(10,11)12/h29-41H,16-28H2,1-15H3,(H,47,50)/t29-,30-,31-,32-,33+,34+,35+,36-,37+,38-,39-,40-,41+/m1/s1. The van der Waals surface area contributed by atoms with Gasteiger partial charge < -0.3 is 38.2 Å². The van der Waals surface area contributed by atoms with Crippen LogP contribution in [0.5, 0.6) is 0 Å². The molecule has 0 bridgehead atoms. The minimum atomic E-state index is -1.94. The number of alkyl carbamates (subject to hydrolysis) is 1. The third-order valence-corrected chi connectivity index (χ3v) is 18.0. The molecule has 12 heteroatoms. The van der Waals surface area contributed by atoms with Crippen LogP contribution in [0, 0.1) is 23.7 Å². The average Bonchev–Trinajstić information content (AvgIpc) is 3.91. The Balaban J connectivity index is 1.76. The van der Waals surface area contributed by atoms with E-state index in [1.165, 1.54) is 7.11 Å². The lowest BCUT2D eigenvalue weighted by atomic mass is 9.81. The van der Waals surface area contributed by atoms with Crippen molar-refractivity contribution in [3.05, 3.63) is 0 Å². The van der Waals surface area contributed by atoms with Gasteiger partial charge in [0, 0.05) is 24.0 Å². The van der Waals surface area contributed by atoms with Crippen molar-refractivity contribution in [2.75, 3.05) is 7.11 Å². The van der Waals surface area contributed by atoms with E-state index in [2.05, 4.69) is 66.9 Å². The Kier molecular flexibility index (Phi) is 19.5. The van der Waals surface area contributed by atoms with Gasteiger partial charge in [-0.1, -0.05) is 61.3 Å². The fraction of sp³-hybridized carbons (Fsp3) is 0.935. The second-order valence-corrected chi connectivity index (χ2v) is 25.1. The summed E-state index contributed by atoms with van der Waals surface area (Å²) in [5, 5.41) is 3.22. The smallest absolute Gasteiger partial charge is 0.407 e. The second kappa shape index (κ2) is 22.4. The fourth-order valence-corrected chi connectivity index (χ4v) is 10.4. The monoisotopic (exact) mass is 840 g/mol. The molecule has 58 heavy (non-hydrogen) atoms. The number of hydrogen-bond acceptors (Lipinski definition) is 10. The first-order valence-electron chi connectivity index (χ1n) is 23.0. The first kappa shape index (κ1) is 50.6. The topological polar surface area (TPSA) is 128 Å².